The van der Waals surface area contributed by atoms with E-state index >= 15 is 0 Å². The maximum atomic E-state index is 12.9. The molecule has 2 saturated heterocycles. The molecule has 0 aliphatic carbocycles. The normalized spacial score (nSPS) is 26.3. The summed E-state index contributed by atoms with van der Waals surface area (Å²) in [6.07, 6.45) is 1.17. The van der Waals surface area contributed by atoms with E-state index in [4.69, 9.17) is 0 Å². The van der Waals surface area contributed by atoms with Crippen molar-refractivity contribution < 1.29 is 13.2 Å². The summed E-state index contributed by atoms with van der Waals surface area (Å²) in [5.41, 5.74) is 1.99. The molecule has 0 N–H and O–H groups in total. The number of aryl methyl sites for hydroxylation is 2. The van der Waals surface area contributed by atoms with Crippen LogP contribution in [0.5, 0.6) is 0 Å². The van der Waals surface area contributed by atoms with Crippen LogP contribution in [0.25, 0.3) is 11.0 Å². The van der Waals surface area contributed by atoms with Crippen molar-refractivity contribution in [1.29, 1.82) is 0 Å². The number of carbonyl (C=O) groups excluding carboxylic acids is 1. The molecule has 2 aliphatic heterocycles. The van der Waals surface area contributed by atoms with E-state index < -0.39 is 15.1 Å². The van der Waals surface area contributed by atoms with Gasteiger partial charge < -0.3 is 14.4 Å². The van der Waals surface area contributed by atoms with Crippen molar-refractivity contribution in [2.45, 2.75) is 37.6 Å². The molecule has 7 nitrogen and oxygen atoms in total. The third-order valence-corrected chi connectivity index (χ3v) is 8.51. The van der Waals surface area contributed by atoms with Gasteiger partial charge in [0.2, 0.25) is 5.91 Å². The number of fused-ring (bicyclic) bond motifs is 2. The smallest absolute Gasteiger partial charge is 0.224 e. The van der Waals surface area contributed by atoms with Crippen LogP contribution in [0.1, 0.15) is 19.2 Å². The van der Waals surface area contributed by atoms with Crippen molar-refractivity contribution >= 4 is 26.8 Å². The summed E-state index contributed by atoms with van der Waals surface area (Å²) in [5.74, 6) is 1.23. The molecule has 28 heavy (non-hydrogen) atoms. The predicted molar refractivity (Wildman–Crippen MR) is 109 cm³/mol. The molecule has 8 heteroatoms. The van der Waals surface area contributed by atoms with Crippen LogP contribution in [0.15, 0.2) is 24.3 Å². The van der Waals surface area contributed by atoms with Crippen molar-refractivity contribution in [2.24, 2.45) is 5.92 Å². The molecule has 2 aliphatic rings. The summed E-state index contributed by atoms with van der Waals surface area (Å²) in [7, 11) is 0.707. The summed E-state index contributed by atoms with van der Waals surface area (Å²) < 4.78 is 27.2. The summed E-state index contributed by atoms with van der Waals surface area (Å²) in [5, 5.41) is -0.413. The van der Waals surface area contributed by atoms with Crippen LogP contribution in [0.4, 0.5) is 0 Å². The van der Waals surface area contributed by atoms with Gasteiger partial charge in [0.1, 0.15) is 5.82 Å². The Morgan fingerprint density at radius 1 is 1.25 bits per heavy atom. The minimum Gasteiger partial charge on any atom is -0.341 e. The summed E-state index contributed by atoms with van der Waals surface area (Å²) in [4.78, 5) is 21.3. The molecule has 0 radical (unpaired) electrons. The Labute approximate surface area is 166 Å². The summed E-state index contributed by atoms with van der Waals surface area (Å²) >= 11 is 0. The number of amides is 1. The van der Waals surface area contributed by atoms with Crippen molar-refractivity contribution in [3.8, 4) is 0 Å². The van der Waals surface area contributed by atoms with Gasteiger partial charge in [0.05, 0.1) is 22.0 Å². The molecule has 3 heterocycles. The van der Waals surface area contributed by atoms with Crippen molar-refractivity contribution in [3.63, 3.8) is 0 Å². The van der Waals surface area contributed by atoms with Crippen LogP contribution >= 0.6 is 0 Å². The lowest BCUT2D eigenvalue weighted by atomic mass is 10.00. The molecule has 0 unspecified atom stereocenters. The van der Waals surface area contributed by atoms with Gasteiger partial charge in [-0.25, -0.2) is 13.4 Å². The molecule has 1 aromatic carbocycles. The predicted octanol–water partition coefficient (Wildman–Crippen LogP) is 1.17. The Kier molecular flexibility index (Phi) is 4.95. The first-order chi connectivity index (χ1) is 13.3. The number of likely N-dealkylation sites (tertiary alicyclic amines) is 1. The first-order valence-corrected chi connectivity index (χ1v) is 11.6. The number of nitrogens with zero attached hydrogens (tertiary/aromatic N) is 4. The molecule has 0 spiro atoms. The maximum Gasteiger partial charge on any atom is 0.224 e. The molecule has 2 aromatic rings. The largest absolute Gasteiger partial charge is 0.341 e. The highest BCUT2D eigenvalue weighted by Crippen LogP contribution is 2.36. The van der Waals surface area contributed by atoms with Crippen LogP contribution in [0.3, 0.4) is 0 Å². The van der Waals surface area contributed by atoms with Gasteiger partial charge in [-0.15, -0.1) is 0 Å². The minimum atomic E-state index is -3.13. The van der Waals surface area contributed by atoms with E-state index in [1.54, 1.807) is 4.90 Å². The molecule has 0 saturated carbocycles. The Morgan fingerprint density at radius 3 is 2.71 bits per heavy atom. The van der Waals surface area contributed by atoms with Gasteiger partial charge >= 0.3 is 0 Å². The van der Waals surface area contributed by atoms with E-state index in [0.29, 0.717) is 26.1 Å². The molecule has 2 fully saturated rings. The number of hydrogen-bond donors (Lipinski definition) is 0. The fraction of sp³-hybridized carbons (Fsp3) is 0.600. The average molecular weight is 405 g/mol. The monoisotopic (exact) mass is 404 g/mol. The Bertz CT molecular complexity index is 998. The second kappa shape index (κ2) is 7.15. The zero-order chi connectivity index (χ0) is 20.1. The third-order valence-electron chi connectivity index (χ3n) is 6.28. The number of aromatic nitrogens is 2. The lowest BCUT2D eigenvalue weighted by molar-refractivity contribution is -0.130. The molecular formula is C20H28N4O3S. The number of hydrogen-bond acceptors (Lipinski definition) is 5. The second-order valence-electron chi connectivity index (χ2n) is 8.13. The first kappa shape index (κ1) is 19.4. The van der Waals surface area contributed by atoms with Gasteiger partial charge in [-0.2, -0.15) is 0 Å². The molecule has 3 atom stereocenters. The van der Waals surface area contributed by atoms with Gasteiger partial charge in [0, 0.05) is 44.4 Å². The molecular weight excluding hydrogens is 376 g/mol. The van der Waals surface area contributed by atoms with Crippen LogP contribution in [-0.4, -0.2) is 77.9 Å². The highest BCUT2D eigenvalue weighted by atomic mass is 32.2. The summed E-state index contributed by atoms with van der Waals surface area (Å²) in [6, 6.07) is 7.96. The first-order valence-electron chi connectivity index (χ1n) is 9.91. The third kappa shape index (κ3) is 3.22. The quantitative estimate of drug-likeness (QED) is 0.748. The van der Waals surface area contributed by atoms with E-state index in [0.717, 1.165) is 23.3 Å². The lowest BCUT2D eigenvalue weighted by Gasteiger charge is -2.25. The van der Waals surface area contributed by atoms with Gasteiger partial charge in [-0.1, -0.05) is 19.1 Å². The average Bonchev–Trinajstić information content (AvgIpc) is 3.31. The number of benzene rings is 1. The van der Waals surface area contributed by atoms with Gasteiger partial charge in [-0.3, -0.25) is 4.79 Å². The Balaban J connectivity index is 1.47. The van der Waals surface area contributed by atoms with Crippen LogP contribution in [-0.2, 0) is 27.6 Å². The maximum absolute atomic E-state index is 12.9. The van der Waals surface area contributed by atoms with Gasteiger partial charge in [-0.05, 0) is 26.2 Å². The molecule has 1 aromatic heterocycles. The molecule has 4 rings (SSSR count). The second-order valence-corrected chi connectivity index (χ2v) is 10.4. The Morgan fingerprint density at radius 2 is 2.00 bits per heavy atom. The molecule has 0 bridgehead atoms. The zero-order valence-corrected chi connectivity index (χ0v) is 17.5. The summed E-state index contributed by atoms with van der Waals surface area (Å²) in [6.45, 7) is 3.50. The number of rotatable bonds is 5. The number of para-hydroxylation sites is 2. The van der Waals surface area contributed by atoms with E-state index in [1.807, 2.05) is 43.3 Å². The van der Waals surface area contributed by atoms with Crippen molar-refractivity contribution in [1.82, 2.24) is 19.4 Å². The standard InChI is InChI=1S/C20H28N4O3S/c1-4-19-21-15-7-5-6-8-16(15)24(19)10-9-20(25)23-11-14-17(22(2)3)13-28(26,27)18(14)12-23/h5-8,14,17-18H,4,9-13H2,1-3H3/t14-,17-,18-/m0/s1. The van der Waals surface area contributed by atoms with Crippen molar-refractivity contribution in [2.75, 3.05) is 32.9 Å². The van der Waals surface area contributed by atoms with Crippen molar-refractivity contribution in [3.05, 3.63) is 30.1 Å². The van der Waals surface area contributed by atoms with Crippen LogP contribution < -0.4 is 0 Å². The number of sulfone groups is 1. The van der Waals surface area contributed by atoms with Crippen LogP contribution in [0.2, 0.25) is 0 Å². The van der Waals surface area contributed by atoms with Gasteiger partial charge in [0.15, 0.2) is 9.84 Å². The Hall–Kier alpha value is -1.93. The highest BCUT2D eigenvalue weighted by molar-refractivity contribution is 7.92. The van der Waals surface area contributed by atoms with Crippen LogP contribution in [0, 0.1) is 5.92 Å². The number of carbonyl (C=O) groups is 1. The topological polar surface area (TPSA) is 75.5 Å². The molecule has 152 valence electrons. The van der Waals surface area contributed by atoms with Gasteiger partial charge in [0.25, 0.3) is 0 Å². The molecule has 1 amide bonds. The van der Waals surface area contributed by atoms with E-state index in [1.165, 1.54) is 0 Å². The minimum absolute atomic E-state index is 0.00270. The lowest BCUT2D eigenvalue weighted by Crippen LogP contribution is -2.38. The fourth-order valence-corrected chi connectivity index (χ4v) is 7.26. The van der Waals surface area contributed by atoms with E-state index in [2.05, 4.69) is 16.5 Å². The van der Waals surface area contributed by atoms with E-state index in [-0.39, 0.29) is 23.6 Å². The zero-order valence-electron chi connectivity index (χ0n) is 16.7. The highest BCUT2D eigenvalue weighted by Gasteiger charge is 2.53. The SMILES string of the molecule is CCc1nc2ccccc2n1CCC(=O)N1C[C@H]2[C@@H](N(C)C)CS(=O)(=O)[C@H]2C1. The fourth-order valence-electron chi connectivity index (χ4n) is 4.78. The van der Waals surface area contributed by atoms with E-state index in [9.17, 15) is 13.2 Å². The number of imidazole rings is 1.